The first-order chi connectivity index (χ1) is 7.19. The largest absolute Gasteiger partial charge is 0.287 e. The topological polar surface area (TPSA) is 35.8 Å². The van der Waals surface area contributed by atoms with E-state index in [-0.39, 0.29) is 0 Å². The minimum atomic E-state index is -0.462. The third kappa shape index (κ3) is 3.15. The van der Waals surface area contributed by atoms with Gasteiger partial charge >= 0.3 is 0 Å². The molecule has 0 saturated heterocycles. The summed E-state index contributed by atoms with van der Waals surface area (Å²) in [5.74, 6) is 2.41. The van der Waals surface area contributed by atoms with Crippen LogP contribution in [0.1, 0.15) is 11.6 Å². The van der Waals surface area contributed by atoms with Crippen LogP contribution in [0.5, 0.6) is 0 Å². The van der Waals surface area contributed by atoms with Crippen LogP contribution in [0, 0.1) is 23.7 Å². The van der Waals surface area contributed by atoms with Crippen molar-refractivity contribution in [3.63, 3.8) is 0 Å². The van der Waals surface area contributed by atoms with E-state index in [0.29, 0.717) is 16.6 Å². The second kappa shape index (κ2) is 5.63. The van der Waals surface area contributed by atoms with E-state index in [2.05, 4.69) is 17.3 Å². The lowest BCUT2D eigenvalue weighted by Gasteiger charge is -2.10. The second-order valence-corrected chi connectivity index (χ2v) is 3.64. The van der Waals surface area contributed by atoms with Gasteiger partial charge in [0, 0.05) is 0 Å². The van der Waals surface area contributed by atoms with Crippen molar-refractivity contribution in [2.24, 2.45) is 0 Å². The summed E-state index contributed by atoms with van der Waals surface area (Å²) in [5, 5.41) is 12.7. The lowest BCUT2D eigenvalue weighted by atomic mass is 10.1. The Morgan fingerprint density at radius 2 is 2.13 bits per heavy atom. The van der Waals surface area contributed by atoms with E-state index < -0.39 is 6.04 Å². The maximum Gasteiger partial charge on any atom is 0.122 e. The van der Waals surface area contributed by atoms with Gasteiger partial charge in [-0.15, -0.1) is 6.42 Å². The maximum atomic E-state index is 8.91. The molecule has 1 N–H and O–H groups in total. The highest BCUT2D eigenvalue weighted by molar-refractivity contribution is 6.42. The molecule has 1 aromatic carbocycles. The molecule has 0 fully saturated rings. The fourth-order valence-electron chi connectivity index (χ4n) is 1.09. The van der Waals surface area contributed by atoms with Crippen LogP contribution >= 0.6 is 23.2 Å². The van der Waals surface area contributed by atoms with Gasteiger partial charge in [-0.25, -0.2) is 0 Å². The molecule has 1 aromatic rings. The Kier molecular flexibility index (Phi) is 4.46. The SMILES string of the molecule is C#CCNC(C#N)c1ccc(Cl)c(Cl)c1. The number of hydrogen-bond acceptors (Lipinski definition) is 2. The Bertz CT molecular complexity index is 429. The molecule has 1 atom stereocenters. The first-order valence-electron chi connectivity index (χ1n) is 4.20. The summed E-state index contributed by atoms with van der Waals surface area (Å²) in [4.78, 5) is 0. The van der Waals surface area contributed by atoms with E-state index in [1.54, 1.807) is 18.2 Å². The number of terminal acetylenes is 1. The number of nitrogens with zero attached hydrogens (tertiary/aromatic N) is 1. The number of nitriles is 1. The second-order valence-electron chi connectivity index (χ2n) is 2.82. The summed E-state index contributed by atoms with van der Waals surface area (Å²) in [7, 11) is 0. The molecular formula is C11H8Cl2N2. The van der Waals surface area contributed by atoms with Crippen LogP contribution in [0.4, 0.5) is 0 Å². The van der Waals surface area contributed by atoms with Gasteiger partial charge < -0.3 is 0 Å². The van der Waals surface area contributed by atoms with E-state index >= 15 is 0 Å². The molecule has 1 unspecified atom stereocenters. The molecule has 0 spiro atoms. The van der Waals surface area contributed by atoms with E-state index in [0.717, 1.165) is 5.56 Å². The predicted molar refractivity (Wildman–Crippen MR) is 61.7 cm³/mol. The highest BCUT2D eigenvalue weighted by atomic mass is 35.5. The number of halogens is 2. The van der Waals surface area contributed by atoms with E-state index in [4.69, 9.17) is 34.9 Å². The third-order valence-electron chi connectivity index (χ3n) is 1.81. The molecule has 0 aliphatic carbocycles. The van der Waals surface area contributed by atoms with Crippen molar-refractivity contribution in [2.75, 3.05) is 6.54 Å². The standard InChI is InChI=1S/C11H8Cl2N2/c1-2-5-15-11(7-14)8-3-4-9(12)10(13)6-8/h1,3-4,6,11,15H,5H2. The highest BCUT2D eigenvalue weighted by Crippen LogP contribution is 2.25. The number of rotatable bonds is 3. The fraction of sp³-hybridized carbons (Fsp3) is 0.182. The van der Waals surface area contributed by atoms with Crippen LogP contribution in [0.25, 0.3) is 0 Å². The summed E-state index contributed by atoms with van der Waals surface area (Å²) >= 11 is 11.6. The molecule has 0 amide bonds. The Morgan fingerprint density at radius 3 is 2.67 bits per heavy atom. The maximum absolute atomic E-state index is 8.91. The number of nitrogens with one attached hydrogen (secondary N) is 1. The fourth-order valence-corrected chi connectivity index (χ4v) is 1.40. The van der Waals surface area contributed by atoms with Gasteiger partial charge in [0.25, 0.3) is 0 Å². The summed E-state index contributed by atoms with van der Waals surface area (Å²) < 4.78 is 0. The molecule has 0 aromatic heterocycles. The van der Waals surface area contributed by atoms with Gasteiger partial charge in [-0.05, 0) is 17.7 Å². The molecule has 2 nitrogen and oxygen atoms in total. The van der Waals surface area contributed by atoms with Crippen LogP contribution in [0.2, 0.25) is 10.0 Å². The monoisotopic (exact) mass is 238 g/mol. The number of hydrogen-bond donors (Lipinski definition) is 1. The van der Waals surface area contributed by atoms with E-state index in [1.807, 2.05) is 0 Å². The van der Waals surface area contributed by atoms with Gasteiger partial charge in [0.2, 0.25) is 0 Å². The van der Waals surface area contributed by atoms with Gasteiger partial charge in [-0.1, -0.05) is 35.2 Å². The summed E-state index contributed by atoms with van der Waals surface area (Å²) in [6.07, 6.45) is 5.09. The lowest BCUT2D eigenvalue weighted by molar-refractivity contribution is 0.691. The van der Waals surface area contributed by atoms with Gasteiger partial charge in [0.15, 0.2) is 0 Å². The van der Waals surface area contributed by atoms with Crippen molar-refractivity contribution in [1.82, 2.24) is 5.32 Å². The Labute approximate surface area is 98.8 Å². The summed E-state index contributed by atoms with van der Waals surface area (Å²) in [6, 6.07) is 6.68. The Balaban J connectivity index is 2.89. The molecule has 0 bridgehead atoms. The predicted octanol–water partition coefficient (Wildman–Crippen LogP) is 2.78. The minimum absolute atomic E-state index is 0.332. The molecule has 0 aliphatic heterocycles. The molecule has 0 saturated carbocycles. The van der Waals surface area contributed by atoms with Crippen molar-refractivity contribution < 1.29 is 0 Å². The molecule has 1 rings (SSSR count). The first kappa shape index (κ1) is 11.9. The van der Waals surface area contributed by atoms with Crippen molar-refractivity contribution >= 4 is 23.2 Å². The summed E-state index contributed by atoms with van der Waals surface area (Å²) in [6.45, 7) is 0.332. The molecule has 0 heterocycles. The van der Waals surface area contributed by atoms with Gasteiger partial charge in [0.05, 0.1) is 22.7 Å². The van der Waals surface area contributed by atoms with Gasteiger partial charge in [-0.3, -0.25) is 5.32 Å². The highest BCUT2D eigenvalue weighted by Gasteiger charge is 2.10. The van der Waals surface area contributed by atoms with E-state index in [9.17, 15) is 0 Å². The molecule has 15 heavy (non-hydrogen) atoms. The van der Waals surface area contributed by atoms with Crippen molar-refractivity contribution in [1.29, 1.82) is 5.26 Å². The van der Waals surface area contributed by atoms with Crippen molar-refractivity contribution in [3.05, 3.63) is 33.8 Å². The van der Waals surface area contributed by atoms with Gasteiger partial charge in [0.1, 0.15) is 6.04 Å². The van der Waals surface area contributed by atoms with Crippen LogP contribution in [0.3, 0.4) is 0 Å². The quantitative estimate of drug-likeness (QED) is 0.823. The molecule has 0 radical (unpaired) electrons. The molecule has 0 aliphatic rings. The zero-order chi connectivity index (χ0) is 11.3. The van der Waals surface area contributed by atoms with Crippen LogP contribution in [-0.4, -0.2) is 6.54 Å². The molecular weight excluding hydrogens is 231 g/mol. The molecule has 4 heteroatoms. The normalized spacial score (nSPS) is 11.5. The zero-order valence-electron chi connectivity index (χ0n) is 7.80. The van der Waals surface area contributed by atoms with Crippen molar-refractivity contribution in [3.8, 4) is 18.4 Å². The summed E-state index contributed by atoms with van der Waals surface area (Å²) in [5.41, 5.74) is 0.752. The average molecular weight is 239 g/mol. The van der Waals surface area contributed by atoms with Crippen LogP contribution in [0.15, 0.2) is 18.2 Å². The zero-order valence-corrected chi connectivity index (χ0v) is 9.31. The Hall–Kier alpha value is -1.19. The lowest BCUT2D eigenvalue weighted by Crippen LogP contribution is -2.19. The smallest absolute Gasteiger partial charge is 0.122 e. The average Bonchev–Trinajstić information content (AvgIpc) is 2.24. The Morgan fingerprint density at radius 1 is 1.40 bits per heavy atom. The first-order valence-corrected chi connectivity index (χ1v) is 4.96. The van der Waals surface area contributed by atoms with Gasteiger partial charge in [-0.2, -0.15) is 5.26 Å². The minimum Gasteiger partial charge on any atom is -0.287 e. The van der Waals surface area contributed by atoms with E-state index in [1.165, 1.54) is 0 Å². The van der Waals surface area contributed by atoms with Crippen LogP contribution < -0.4 is 5.32 Å². The third-order valence-corrected chi connectivity index (χ3v) is 2.55. The molecule has 76 valence electrons. The van der Waals surface area contributed by atoms with Crippen molar-refractivity contribution in [2.45, 2.75) is 6.04 Å². The van der Waals surface area contributed by atoms with Crippen LogP contribution in [-0.2, 0) is 0 Å². The number of benzene rings is 1.